The minimum Gasteiger partial charge on any atom is -0.307 e. The van der Waals surface area contributed by atoms with Crippen molar-refractivity contribution in [2.24, 2.45) is 0 Å². The van der Waals surface area contributed by atoms with Crippen LogP contribution in [0.3, 0.4) is 0 Å². The lowest BCUT2D eigenvalue weighted by atomic mass is 10.0. The lowest BCUT2D eigenvalue weighted by Gasteiger charge is -2.28. The van der Waals surface area contributed by atoms with Crippen LogP contribution in [-0.2, 0) is 12.6 Å². The van der Waals surface area contributed by atoms with E-state index in [0.29, 0.717) is 5.69 Å². The summed E-state index contributed by atoms with van der Waals surface area (Å²) in [6.45, 7) is 1.95. The lowest BCUT2D eigenvalue weighted by molar-refractivity contribution is -0.141. The van der Waals surface area contributed by atoms with Gasteiger partial charge in [0.05, 0.1) is 11.3 Å². The molecule has 0 aliphatic carbocycles. The number of benzene rings is 2. The number of fused-ring (bicyclic) bond motifs is 1. The van der Waals surface area contributed by atoms with Gasteiger partial charge in [-0.2, -0.15) is 23.5 Å². The van der Waals surface area contributed by atoms with E-state index in [1.807, 2.05) is 6.92 Å². The third kappa shape index (κ3) is 3.20. The smallest absolute Gasteiger partial charge is 0.307 e. The van der Waals surface area contributed by atoms with E-state index in [1.54, 1.807) is 30.3 Å². The molecular weight excluding hydrogens is 400 g/mol. The van der Waals surface area contributed by atoms with Crippen LogP contribution in [0.4, 0.5) is 23.2 Å². The number of carbonyl (C=O) groups is 1. The molecular formula is C21H14F4N4O. The van der Waals surface area contributed by atoms with Gasteiger partial charge in [0.2, 0.25) is 0 Å². The van der Waals surface area contributed by atoms with Gasteiger partial charge in [-0.15, -0.1) is 0 Å². The topological polar surface area (TPSA) is 61.9 Å². The van der Waals surface area contributed by atoms with Gasteiger partial charge in [0.15, 0.2) is 5.69 Å². The molecule has 0 spiro atoms. The van der Waals surface area contributed by atoms with Gasteiger partial charge in [-0.25, -0.2) is 9.07 Å². The number of aromatic nitrogens is 2. The molecule has 0 fully saturated rings. The molecule has 30 heavy (non-hydrogen) atoms. The molecule has 0 unspecified atom stereocenters. The first kappa shape index (κ1) is 19.6. The summed E-state index contributed by atoms with van der Waals surface area (Å²) in [5, 5.41) is 12.7. The molecule has 1 aliphatic heterocycles. The van der Waals surface area contributed by atoms with E-state index in [2.05, 4.69) is 5.10 Å². The number of hydrogen-bond donors (Lipinski definition) is 0. The van der Waals surface area contributed by atoms with Crippen molar-refractivity contribution in [3.8, 4) is 11.8 Å². The lowest BCUT2D eigenvalue weighted by Crippen LogP contribution is -2.39. The van der Waals surface area contributed by atoms with Crippen LogP contribution in [-0.4, -0.2) is 22.2 Å². The van der Waals surface area contributed by atoms with Crippen LogP contribution in [0.2, 0.25) is 0 Å². The number of anilines is 1. The fourth-order valence-electron chi connectivity index (χ4n) is 3.48. The van der Waals surface area contributed by atoms with Gasteiger partial charge in [-0.05, 0) is 43.7 Å². The summed E-state index contributed by atoms with van der Waals surface area (Å²) in [7, 11) is 0. The second-order valence-corrected chi connectivity index (χ2v) is 6.90. The summed E-state index contributed by atoms with van der Waals surface area (Å²) >= 11 is 0. The second kappa shape index (κ2) is 6.99. The molecule has 0 saturated heterocycles. The Morgan fingerprint density at radius 3 is 2.40 bits per heavy atom. The highest BCUT2D eigenvalue weighted by atomic mass is 19.4. The van der Waals surface area contributed by atoms with Crippen molar-refractivity contribution in [1.82, 2.24) is 9.78 Å². The van der Waals surface area contributed by atoms with E-state index < -0.39 is 23.6 Å². The summed E-state index contributed by atoms with van der Waals surface area (Å²) in [5.41, 5.74) is -0.443. The monoisotopic (exact) mass is 414 g/mol. The highest BCUT2D eigenvalue weighted by Crippen LogP contribution is 2.37. The van der Waals surface area contributed by atoms with Gasteiger partial charge in [0.1, 0.15) is 17.6 Å². The minimum absolute atomic E-state index is 0.00111. The first-order valence-electron chi connectivity index (χ1n) is 8.98. The van der Waals surface area contributed by atoms with E-state index in [1.165, 1.54) is 11.0 Å². The molecule has 3 aromatic rings. The maximum atomic E-state index is 13.7. The summed E-state index contributed by atoms with van der Waals surface area (Å²) in [5.74, 6) is -1.46. The van der Waals surface area contributed by atoms with Crippen molar-refractivity contribution >= 4 is 11.6 Å². The van der Waals surface area contributed by atoms with Crippen molar-refractivity contribution in [2.75, 3.05) is 11.4 Å². The third-order valence-corrected chi connectivity index (χ3v) is 4.95. The van der Waals surface area contributed by atoms with Crippen LogP contribution >= 0.6 is 0 Å². The van der Waals surface area contributed by atoms with Crippen LogP contribution < -0.4 is 4.90 Å². The first-order chi connectivity index (χ1) is 14.2. The maximum Gasteiger partial charge on any atom is 0.435 e. The molecule has 0 radical (unpaired) electrons. The predicted molar refractivity (Wildman–Crippen MR) is 99.8 cm³/mol. The van der Waals surface area contributed by atoms with Crippen molar-refractivity contribution < 1.29 is 22.4 Å². The molecule has 2 aromatic carbocycles. The zero-order chi connectivity index (χ0) is 21.6. The largest absolute Gasteiger partial charge is 0.435 e. The highest BCUT2D eigenvalue weighted by Gasteiger charge is 2.43. The van der Waals surface area contributed by atoms with E-state index in [-0.39, 0.29) is 35.5 Å². The summed E-state index contributed by atoms with van der Waals surface area (Å²) in [6, 6.07) is 11.9. The van der Waals surface area contributed by atoms with Gasteiger partial charge < -0.3 is 4.90 Å². The number of alkyl halides is 3. The van der Waals surface area contributed by atoms with Gasteiger partial charge in [0, 0.05) is 17.8 Å². The van der Waals surface area contributed by atoms with Crippen molar-refractivity contribution in [3.05, 3.63) is 76.4 Å². The van der Waals surface area contributed by atoms with Gasteiger partial charge >= 0.3 is 6.18 Å². The Bertz CT molecular complexity index is 1190. The molecule has 4 rings (SSSR count). The predicted octanol–water partition coefficient (Wildman–Crippen LogP) is 4.41. The molecule has 1 aromatic heterocycles. The quantitative estimate of drug-likeness (QED) is 0.584. The Balaban J connectivity index is 1.90. The number of carbonyl (C=O) groups excluding carboxylic acids is 1. The van der Waals surface area contributed by atoms with E-state index in [0.717, 1.165) is 22.4 Å². The zero-order valence-corrected chi connectivity index (χ0v) is 15.7. The maximum absolute atomic E-state index is 13.7. The molecule has 9 heteroatoms. The fourth-order valence-corrected chi connectivity index (χ4v) is 3.48. The second-order valence-electron chi connectivity index (χ2n) is 6.90. The first-order valence-corrected chi connectivity index (χ1v) is 8.98. The third-order valence-electron chi connectivity index (χ3n) is 4.95. The summed E-state index contributed by atoms with van der Waals surface area (Å²) in [4.78, 5) is 14.6. The molecule has 5 nitrogen and oxygen atoms in total. The molecule has 1 aliphatic rings. The van der Waals surface area contributed by atoms with Crippen LogP contribution in [0.1, 0.15) is 32.9 Å². The zero-order valence-electron chi connectivity index (χ0n) is 15.7. The van der Waals surface area contributed by atoms with E-state index >= 15 is 0 Å². The Morgan fingerprint density at radius 1 is 1.10 bits per heavy atom. The Labute approximate surface area is 168 Å². The van der Waals surface area contributed by atoms with Crippen molar-refractivity contribution in [1.29, 1.82) is 5.26 Å². The molecule has 152 valence electrons. The van der Waals surface area contributed by atoms with Crippen LogP contribution in [0, 0.1) is 24.1 Å². The van der Waals surface area contributed by atoms with Crippen LogP contribution in [0.15, 0.2) is 42.5 Å². The van der Waals surface area contributed by atoms with Gasteiger partial charge in [-0.3, -0.25) is 4.79 Å². The average molecular weight is 414 g/mol. The number of rotatable bonds is 2. The Kier molecular flexibility index (Phi) is 4.57. The van der Waals surface area contributed by atoms with Crippen molar-refractivity contribution in [2.45, 2.75) is 19.5 Å². The number of nitriles is 1. The number of aryl methyl sites for hydroxylation is 1. The standard InChI is InChI=1S/C21H14F4N4O/c1-12-2-4-14(5-3-12)28-9-8-16-18(20(28)30)29(27-19(16)21(23,24)25)15-6-7-17(22)13(10-15)11-26/h2-7,10H,8-9H2,1H3. The Hall–Kier alpha value is -3.67. The normalized spacial score (nSPS) is 13.9. The van der Waals surface area contributed by atoms with Gasteiger partial charge in [-0.1, -0.05) is 17.7 Å². The van der Waals surface area contributed by atoms with Crippen LogP contribution in [0.25, 0.3) is 5.69 Å². The number of nitrogens with zero attached hydrogens (tertiary/aromatic N) is 4. The van der Waals surface area contributed by atoms with E-state index in [9.17, 15) is 22.4 Å². The molecule has 0 atom stereocenters. The molecule has 1 amide bonds. The minimum atomic E-state index is -4.76. The van der Waals surface area contributed by atoms with Gasteiger partial charge in [0.25, 0.3) is 5.91 Å². The number of hydrogen-bond acceptors (Lipinski definition) is 3. The average Bonchev–Trinajstić information content (AvgIpc) is 3.10. The van der Waals surface area contributed by atoms with Crippen LogP contribution in [0.5, 0.6) is 0 Å². The fraction of sp³-hybridized carbons (Fsp3) is 0.190. The number of halogens is 4. The SMILES string of the molecule is Cc1ccc(N2CCc3c(C(F)(F)F)nn(-c4ccc(F)c(C#N)c4)c3C2=O)cc1. The summed E-state index contributed by atoms with van der Waals surface area (Å²) < 4.78 is 55.3. The summed E-state index contributed by atoms with van der Waals surface area (Å²) in [6.07, 6.45) is -4.81. The number of amides is 1. The highest BCUT2D eigenvalue weighted by molar-refractivity contribution is 6.07. The molecule has 0 N–H and O–H groups in total. The van der Waals surface area contributed by atoms with Crippen molar-refractivity contribution in [3.63, 3.8) is 0 Å². The molecule has 0 saturated carbocycles. The molecule has 2 heterocycles. The molecule has 0 bridgehead atoms. The Morgan fingerprint density at radius 2 is 1.77 bits per heavy atom. The van der Waals surface area contributed by atoms with E-state index in [4.69, 9.17) is 5.26 Å².